The summed E-state index contributed by atoms with van der Waals surface area (Å²) in [6.07, 6.45) is 4.70. The number of aromatic nitrogens is 2. The molecule has 0 saturated carbocycles. The lowest BCUT2D eigenvalue weighted by Crippen LogP contribution is -2.40. The van der Waals surface area contributed by atoms with E-state index in [1.807, 2.05) is 6.07 Å². The number of urea groups is 1. The quantitative estimate of drug-likeness (QED) is 0.888. The Labute approximate surface area is 132 Å². The van der Waals surface area contributed by atoms with Gasteiger partial charge in [0.05, 0.1) is 12.3 Å². The van der Waals surface area contributed by atoms with Gasteiger partial charge in [0, 0.05) is 35.6 Å². The Morgan fingerprint density at radius 2 is 2.22 bits per heavy atom. The van der Waals surface area contributed by atoms with Crippen molar-refractivity contribution in [3.05, 3.63) is 41.6 Å². The van der Waals surface area contributed by atoms with Crippen LogP contribution in [0.5, 0.6) is 0 Å². The first-order valence-electron chi connectivity index (χ1n) is 7.36. The van der Waals surface area contributed by atoms with Gasteiger partial charge in [0.2, 0.25) is 0 Å². The van der Waals surface area contributed by atoms with Gasteiger partial charge >= 0.3 is 6.03 Å². The van der Waals surface area contributed by atoms with E-state index < -0.39 is 18.0 Å². The number of carbonyl (C=O) groups is 1. The van der Waals surface area contributed by atoms with E-state index >= 15 is 0 Å². The van der Waals surface area contributed by atoms with Crippen molar-refractivity contribution in [1.82, 2.24) is 9.97 Å². The van der Waals surface area contributed by atoms with Crippen molar-refractivity contribution in [3.8, 4) is 11.1 Å². The van der Waals surface area contributed by atoms with E-state index in [1.54, 1.807) is 6.20 Å². The maximum atomic E-state index is 14.0. The van der Waals surface area contributed by atoms with Crippen LogP contribution in [0.3, 0.4) is 0 Å². The van der Waals surface area contributed by atoms with Crippen molar-refractivity contribution < 1.29 is 14.3 Å². The number of hydrogen-bond donors (Lipinski definition) is 2. The first-order chi connectivity index (χ1) is 11.0. The van der Waals surface area contributed by atoms with Crippen molar-refractivity contribution in [3.63, 3.8) is 0 Å². The summed E-state index contributed by atoms with van der Waals surface area (Å²) in [6, 6.07) is 1.31. The molecule has 3 heterocycles. The Balaban J connectivity index is 2.10. The molecule has 6 nitrogen and oxygen atoms in total. The Kier molecular flexibility index (Phi) is 3.96. The summed E-state index contributed by atoms with van der Waals surface area (Å²) in [5.74, 6) is -0.0237. The number of rotatable bonds is 2. The summed E-state index contributed by atoms with van der Waals surface area (Å²) in [4.78, 5) is 21.1. The second-order valence-corrected chi connectivity index (χ2v) is 5.56. The van der Waals surface area contributed by atoms with Crippen LogP contribution < -0.4 is 10.6 Å². The topological polar surface area (TPSA) is 92.3 Å². The molecule has 1 atom stereocenters. The molecule has 1 aliphatic heterocycles. The lowest BCUT2D eigenvalue weighted by Gasteiger charge is -2.27. The molecule has 7 heteroatoms. The Morgan fingerprint density at radius 3 is 2.91 bits per heavy atom. The number of nitrogens with zero attached hydrogens (tertiary/aromatic N) is 3. The second kappa shape index (κ2) is 5.92. The first-order valence-corrected chi connectivity index (χ1v) is 7.36. The molecule has 0 fully saturated rings. The van der Waals surface area contributed by atoms with Crippen LogP contribution in [0.1, 0.15) is 30.6 Å². The molecule has 3 rings (SSSR count). The molecule has 0 radical (unpaired) electrons. The number of nitrogens with two attached hydrogens (primary N) is 1. The third-order valence-electron chi connectivity index (χ3n) is 3.96. The predicted molar refractivity (Wildman–Crippen MR) is 83.3 cm³/mol. The van der Waals surface area contributed by atoms with Gasteiger partial charge in [0.25, 0.3) is 0 Å². The zero-order valence-electron chi connectivity index (χ0n) is 12.7. The van der Waals surface area contributed by atoms with Gasteiger partial charge in [-0.15, -0.1) is 0 Å². The number of fused-ring (bicyclic) bond motifs is 1. The molecule has 2 aromatic heterocycles. The average Bonchev–Trinajstić information content (AvgIpc) is 2.53. The minimum atomic E-state index is -0.967. The molecule has 2 amide bonds. The highest BCUT2D eigenvalue weighted by atomic mass is 19.1. The molecule has 2 aromatic rings. The second-order valence-electron chi connectivity index (χ2n) is 5.56. The fourth-order valence-corrected chi connectivity index (χ4v) is 2.93. The summed E-state index contributed by atoms with van der Waals surface area (Å²) >= 11 is 0. The van der Waals surface area contributed by atoms with Crippen LogP contribution in [0.25, 0.3) is 11.1 Å². The van der Waals surface area contributed by atoms with Crippen LogP contribution in [0.4, 0.5) is 15.0 Å². The Hall–Kier alpha value is -2.54. The molecule has 0 aromatic carbocycles. The summed E-state index contributed by atoms with van der Waals surface area (Å²) in [5, 5.41) is 9.84. The molecule has 0 spiro atoms. The number of pyridine rings is 2. The van der Waals surface area contributed by atoms with Crippen LogP contribution in [-0.2, 0) is 6.42 Å². The lowest BCUT2D eigenvalue weighted by atomic mass is 9.96. The van der Waals surface area contributed by atoms with Gasteiger partial charge in [-0.3, -0.25) is 9.88 Å². The van der Waals surface area contributed by atoms with Crippen LogP contribution in [-0.4, -0.2) is 27.7 Å². The number of aliphatic hydroxyl groups is 1. The molecule has 0 aliphatic carbocycles. The maximum Gasteiger partial charge on any atom is 0.320 e. The van der Waals surface area contributed by atoms with Gasteiger partial charge in [0.1, 0.15) is 11.6 Å². The number of halogens is 1. The zero-order valence-corrected chi connectivity index (χ0v) is 12.7. The zero-order chi connectivity index (χ0) is 16.6. The van der Waals surface area contributed by atoms with E-state index in [1.165, 1.54) is 18.0 Å². The molecule has 120 valence electrons. The van der Waals surface area contributed by atoms with Crippen LogP contribution >= 0.6 is 0 Å². The van der Waals surface area contributed by atoms with Gasteiger partial charge in [-0.25, -0.2) is 14.2 Å². The highest BCUT2D eigenvalue weighted by Gasteiger charge is 2.23. The standard InChI is InChI=1S/C16H17FN4O2/c1-9(22)14-12(7-19-8-13(14)17)11-5-10-3-2-4-21(16(18)23)15(10)20-6-11/h5-9,22H,2-4H2,1H3,(H2,18,23)/t9-/m0/s1. The van der Waals surface area contributed by atoms with Crippen molar-refractivity contribution in [2.24, 2.45) is 5.73 Å². The summed E-state index contributed by atoms with van der Waals surface area (Å²) in [5.41, 5.74) is 7.57. The highest BCUT2D eigenvalue weighted by molar-refractivity contribution is 5.91. The Morgan fingerprint density at radius 1 is 1.43 bits per heavy atom. The van der Waals surface area contributed by atoms with Crippen molar-refractivity contribution in [1.29, 1.82) is 0 Å². The van der Waals surface area contributed by atoms with Gasteiger partial charge in [-0.1, -0.05) is 0 Å². The largest absolute Gasteiger partial charge is 0.389 e. The molecular weight excluding hydrogens is 299 g/mol. The van der Waals surface area contributed by atoms with E-state index in [-0.39, 0.29) is 5.56 Å². The molecule has 0 bridgehead atoms. The first kappa shape index (κ1) is 15.4. The number of primary amides is 1. The predicted octanol–water partition coefficient (Wildman–Crippen LogP) is 2.17. The smallest absolute Gasteiger partial charge is 0.320 e. The fourth-order valence-electron chi connectivity index (χ4n) is 2.93. The van der Waals surface area contributed by atoms with Gasteiger partial charge < -0.3 is 10.8 Å². The van der Waals surface area contributed by atoms with E-state index in [2.05, 4.69) is 9.97 Å². The normalized spacial score (nSPS) is 15.2. The molecule has 23 heavy (non-hydrogen) atoms. The van der Waals surface area contributed by atoms with Gasteiger partial charge in [-0.2, -0.15) is 0 Å². The van der Waals surface area contributed by atoms with Gasteiger partial charge in [0.15, 0.2) is 0 Å². The fraction of sp³-hybridized carbons (Fsp3) is 0.312. The van der Waals surface area contributed by atoms with Crippen molar-refractivity contribution >= 4 is 11.8 Å². The number of carbonyl (C=O) groups excluding carboxylic acids is 1. The summed E-state index contributed by atoms with van der Waals surface area (Å²) < 4.78 is 14.0. The number of aliphatic hydroxyl groups excluding tert-OH is 1. The number of amides is 2. The maximum absolute atomic E-state index is 14.0. The highest BCUT2D eigenvalue weighted by Crippen LogP contribution is 2.33. The molecule has 0 saturated heterocycles. The van der Waals surface area contributed by atoms with E-state index in [0.717, 1.165) is 24.6 Å². The number of hydrogen-bond acceptors (Lipinski definition) is 4. The van der Waals surface area contributed by atoms with Gasteiger partial charge in [-0.05, 0) is 31.4 Å². The van der Waals surface area contributed by atoms with Crippen molar-refractivity contribution in [2.45, 2.75) is 25.9 Å². The third kappa shape index (κ3) is 2.75. The summed E-state index contributed by atoms with van der Waals surface area (Å²) in [6.45, 7) is 2.04. The van der Waals surface area contributed by atoms with Crippen LogP contribution in [0, 0.1) is 5.82 Å². The van der Waals surface area contributed by atoms with Crippen LogP contribution in [0.2, 0.25) is 0 Å². The Bertz CT molecular complexity index is 764. The van der Waals surface area contributed by atoms with E-state index in [9.17, 15) is 14.3 Å². The molecule has 0 unspecified atom stereocenters. The van der Waals surface area contributed by atoms with Crippen LogP contribution in [0.15, 0.2) is 24.7 Å². The monoisotopic (exact) mass is 316 g/mol. The van der Waals surface area contributed by atoms with Crippen molar-refractivity contribution in [2.75, 3.05) is 11.4 Å². The van der Waals surface area contributed by atoms with E-state index in [4.69, 9.17) is 5.73 Å². The summed E-state index contributed by atoms with van der Waals surface area (Å²) in [7, 11) is 0. The average molecular weight is 316 g/mol. The number of aryl methyl sites for hydroxylation is 1. The molecule has 1 aliphatic rings. The number of anilines is 1. The third-order valence-corrected chi connectivity index (χ3v) is 3.96. The minimum Gasteiger partial charge on any atom is -0.389 e. The lowest BCUT2D eigenvalue weighted by molar-refractivity contribution is 0.194. The molecular formula is C16H17FN4O2. The molecule has 3 N–H and O–H groups in total. The van der Waals surface area contributed by atoms with E-state index in [0.29, 0.717) is 23.5 Å². The SMILES string of the molecule is C[C@H](O)c1c(F)cncc1-c1cnc2c(c1)CCCN2C(N)=O. The minimum absolute atomic E-state index is 0.185.